The number of rotatable bonds is 12. The molecule has 0 aliphatic rings. The van der Waals surface area contributed by atoms with Gasteiger partial charge in [0.1, 0.15) is 0 Å². The third-order valence-electron chi connectivity index (χ3n) is 7.59. The second-order valence-electron chi connectivity index (χ2n) is 7.80. The van der Waals surface area contributed by atoms with Crippen molar-refractivity contribution in [1.29, 1.82) is 0 Å². The van der Waals surface area contributed by atoms with Crippen molar-refractivity contribution in [3.63, 3.8) is 0 Å². The van der Waals surface area contributed by atoms with Crippen LogP contribution < -0.4 is 0 Å². The minimum atomic E-state index is -2.45. The Morgan fingerprint density at radius 2 is 0.654 bits per heavy atom. The fourth-order valence-corrected chi connectivity index (χ4v) is 12.1. The van der Waals surface area contributed by atoms with Gasteiger partial charge in [-0.3, -0.25) is 0 Å². The molecule has 0 N–H and O–H groups in total. The van der Waals surface area contributed by atoms with Crippen molar-refractivity contribution in [3.8, 4) is 0 Å². The summed E-state index contributed by atoms with van der Waals surface area (Å²) in [5, 5.41) is 0. The van der Waals surface area contributed by atoms with Crippen LogP contribution in [0.15, 0.2) is 0 Å². The largest absolute Gasteiger partial charge is 0.398 e. The van der Waals surface area contributed by atoms with Crippen LogP contribution in [-0.4, -0.2) is 68.3 Å². The molecule has 0 aromatic carbocycles. The maximum Gasteiger partial charge on any atom is 0.337 e. The third kappa shape index (κ3) is 4.52. The SMILES string of the molecule is CO[Si](C)(OC)C(C)C(C)(C(C)[Si](C)(OC)OC)C(C)[Si](C)(OC)OC. The van der Waals surface area contributed by atoms with Crippen molar-refractivity contribution in [3.05, 3.63) is 0 Å². The summed E-state index contributed by atoms with van der Waals surface area (Å²) < 4.78 is 35.6. The smallest absolute Gasteiger partial charge is 0.337 e. The molecule has 6 nitrogen and oxygen atoms in total. The highest BCUT2D eigenvalue weighted by Crippen LogP contribution is 2.60. The van der Waals surface area contributed by atoms with Gasteiger partial charge in [0.15, 0.2) is 0 Å². The monoisotopic (exact) mass is 426 g/mol. The third-order valence-corrected chi connectivity index (χ3v) is 19.0. The van der Waals surface area contributed by atoms with Crippen molar-refractivity contribution in [2.45, 2.75) is 64.0 Å². The Labute approximate surface area is 164 Å². The van der Waals surface area contributed by atoms with Crippen LogP contribution in [0.2, 0.25) is 36.3 Å². The molecule has 0 aromatic rings. The summed E-state index contributed by atoms with van der Waals surface area (Å²) in [6.45, 7) is 15.3. The van der Waals surface area contributed by atoms with Gasteiger partial charge in [-0.2, -0.15) is 0 Å². The van der Waals surface area contributed by atoms with Crippen molar-refractivity contribution in [1.82, 2.24) is 0 Å². The predicted octanol–water partition coefficient (Wildman–Crippen LogP) is 4.26. The van der Waals surface area contributed by atoms with Crippen molar-refractivity contribution in [2.24, 2.45) is 5.41 Å². The van der Waals surface area contributed by atoms with Gasteiger partial charge in [0.25, 0.3) is 0 Å². The average molecular weight is 427 g/mol. The molecule has 0 radical (unpaired) electrons. The van der Waals surface area contributed by atoms with E-state index in [1.54, 1.807) is 42.7 Å². The fraction of sp³-hybridized carbons (Fsp3) is 1.00. The summed E-state index contributed by atoms with van der Waals surface area (Å²) in [6.07, 6.45) is 0. The van der Waals surface area contributed by atoms with Gasteiger partial charge in [0, 0.05) is 59.3 Å². The number of hydrogen-bond acceptors (Lipinski definition) is 6. The van der Waals surface area contributed by atoms with Gasteiger partial charge >= 0.3 is 25.7 Å². The lowest BCUT2D eigenvalue weighted by Crippen LogP contribution is -2.59. The first-order chi connectivity index (χ1) is 11.8. The fourth-order valence-electron chi connectivity index (χ4n) is 4.13. The molecule has 0 aliphatic carbocycles. The van der Waals surface area contributed by atoms with E-state index in [1.165, 1.54) is 0 Å². The Hall–Kier alpha value is 0.411. The highest BCUT2D eigenvalue weighted by Gasteiger charge is 2.62. The quantitative estimate of drug-likeness (QED) is 0.435. The molecule has 3 atom stereocenters. The summed E-state index contributed by atoms with van der Waals surface area (Å²) >= 11 is 0. The van der Waals surface area contributed by atoms with Crippen LogP contribution in [0.5, 0.6) is 0 Å². The highest BCUT2D eigenvalue weighted by atomic mass is 28.4. The lowest BCUT2D eigenvalue weighted by atomic mass is 9.80. The van der Waals surface area contributed by atoms with Gasteiger partial charge in [-0.15, -0.1) is 0 Å². The van der Waals surface area contributed by atoms with Gasteiger partial charge in [-0.1, -0.05) is 27.7 Å². The van der Waals surface area contributed by atoms with E-state index in [0.717, 1.165) is 0 Å². The standard InChI is InChI=1S/C17H42O6Si3/c1-14(24(11,18-5)19-6)17(4,15(2)25(12,20-7)21-8)16(3)26(13,22-9)23-10/h14-16H,1-13H3. The Morgan fingerprint density at radius 3 is 0.769 bits per heavy atom. The molecule has 0 saturated heterocycles. The second-order valence-corrected chi connectivity index (χ2v) is 18.9. The maximum atomic E-state index is 5.94. The lowest BCUT2D eigenvalue weighted by molar-refractivity contribution is 0.127. The van der Waals surface area contributed by atoms with Gasteiger partial charge < -0.3 is 26.6 Å². The normalized spacial score (nSPS) is 19.7. The predicted molar refractivity (Wildman–Crippen MR) is 113 cm³/mol. The molecule has 158 valence electrons. The lowest BCUT2D eigenvalue weighted by Gasteiger charge is -2.55. The van der Waals surface area contributed by atoms with Crippen molar-refractivity contribution in [2.75, 3.05) is 42.7 Å². The van der Waals surface area contributed by atoms with E-state index in [2.05, 4.69) is 47.3 Å². The van der Waals surface area contributed by atoms with E-state index in [0.29, 0.717) is 0 Å². The molecular weight excluding hydrogens is 384 g/mol. The van der Waals surface area contributed by atoms with Crippen LogP contribution in [0.25, 0.3) is 0 Å². The van der Waals surface area contributed by atoms with Gasteiger partial charge in [0.2, 0.25) is 0 Å². The van der Waals surface area contributed by atoms with E-state index in [4.69, 9.17) is 26.6 Å². The minimum Gasteiger partial charge on any atom is -0.398 e. The molecule has 3 unspecified atom stereocenters. The molecule has 0 aliphatic heterocycles. The summed E-state index contributed by atoms with van der Waals surface area (Å²) in [6, 6.07) is 0. The summed E-state index contributed by atoms with van der Waals surface area (Å²) in [4.78, 5) is 0. The van der Waals surface area contributed by atoms with Crippen LogP contribution in [0.4, 0.5) is 0 Å². The summed E-state index contributed by atoms with van der Waals surface area (Å²) in [5.74, 6) is 0. The zero-order valence-electron chi connectivity index (χ0n) is 19.2. The molecule has 0 saturated carbocycles. The second kappa shape index (κ2) is 9.75. The first-order valence-electron chi connectivity index (χ1n) is 9.14. The first kappa shape index (κ1) is 26.4. The zero-order chi connectivity index (χ0) is 21.0. The molecular formula is C17H42O6Si3. The summed E-state index contributed by atoms with van der Waals surface area (Å²) in [7, 11) is 3.12. The van der Waals surface area contributed by atoms with Crippen molar-refractivity contribution < 1.29 is 26.6 Å². The molecule has 0 rings (SSSR count). The molecule has 0 heterocycles. The van der Waals surface area contributed by atoms with E-state index in [-0.39, 0.29) is 22.0 Å². The molecule has 0 amide bonds. The van der Waals surface area contributed by atoms with Gasteiger partial charge in [0.05, 0.1) is 0 Å². The van der Waals surface area contributed by atoms with E-state index in [1.807, 2.05) is 0 Å². The average Bonchev–Trinajstić information content (AvgIpc) is 2.69. The Morgan fingerprint density at radius 1 is 0.500 bits per heavy atom. The van der Waals surface area contributed by atoms with E-state index >= 15 is 0 Å². The zero-order valence-corrected chi connectivity index (χ0v) is 22.2. The van der Waals surface area contributed by atoms with Gasteiger partial charge in [-0.05, 0) is 25.1 Å². The van der Waals surface area contributed by atoms with Gasteiger partial charge in [-0.25, -0.2) is 0 Å². The number of hydrogen-bond donors (Lipinski definition) is 0. The molecule has 0 fully saturated rings. The Kier molecular flexibility index (Phi) is 9.90. The van der Waals surface area contributed by atoms with Crippen LogP contribution in [0.3, 0.4) is 0 Å². The van der Waals surface area contributed by atoms with Crippen LogP contribution in [0, 0.1) is 5.41 Å². The van der Waals surface area contributed by atoms with Crippen molar-refractivity contribution >= 4 is 25.7 Å². The molecule has 0 bridgehead atoms. The molecule has 0 spiro atoms. The molecule has 0 aromatic heterocycles. The van der Waals surface area contributed by atoms with E-state index in [9.17, 15) is 0 Å². The topological polar surface area (TPSA) is 55.4 Å². The van der Waals surface area contributed by atoms with Crippen LogP contribution in [0.1, 0.15) is 27.7 Å². The molecule has 26 heavy (non-hydrogen) atoms. The minimum absolute atomic E-state index is 0.157. The maximum absolute atomic E-state index is 5.94. The molecule has 9 heteroatoms. The van der Waals surface area contributed by atoms with E-state index < -0.39 is 25.7 Å². The van der Waals surface area contributed by atoms with Crippen LogP contribution >= 0.6 is 0 Å². The van der Waals surface area contributed by atoms with Crippen LogP contribution in [-0.2, 0) is 26.6 Å². The highest BCUT2D eigenvalue weighted by molar-refractivity contribution is 6.71. The Balaban J connectivity index is 6.53. The summed E-state index contributed by atoms with van der Waals surface area (Å²) in [5.41, 5.74) is 0.241. The first-order valence-corrected chi connectivity index (χ1v) is 16.3. The Bertz CT molecular complexity index is 365.